The fourth-order valence-corrected chi connectivity index (χ4v) is 3.97. The van der Waals surface area contributed by atoms with Crippen LogP contribution < -0.4 is 0 Å². The third kappa shape index (κ3) is 4.21. The largest absolute Gasteiger partial charge is 0.437 e. The molecule has 1 aliphatic rings. The summed E-state index contributed by atoms with van der Waals surface area (Å²) in [4.78, 5) is 26.3. The quantitative estimate of drug-likeness (QED) is 0.636. The van der Waals surface area contributed by atoms with Gasteiger partial charge >= 0.3 is 6.09 Å². The van der Waals surface area contributed by atoms with Gasteiger partial charge in [-0.3, -0.25) is 4.79 Å². The summed E-state index contributed by atoms with van der Waals surface area (Å²) in [5.74, 6) is -0.454. The van der Waals surface area contributed by atoms with E-state index >= 15 is 0 Å². The number of carbonyl (C=O) groups excluding carboxylic acids is 2. The molecular weight excluding hydrogens is 413 g/mol. The van der Waals surface area contributed by atoms with E-state index in [9.17, 15) is 14.0 Å². The maximum atomic E-state index is 13.3. The Morgan fingerprint density at radius 2 is 2.00 bits per heavy atom. The van der Waals surface area contributed by atoms with Gasteiger partial charge in [0, 0.05) is 17.4 Å². The molecule has 4 nitrogen and oxygen atoms in total. The van der Waals surface area contributed by atoms with Gasteiger partial charge in [-0.2, -0.15) is 0 Å². The van der Waals surface area contributed by atoms with Crippen LogP contribution in [0.3, 0.4) is 0 Å². The van der Waals surface area contributed by atoms with Crippen LogP contribution >= 0.6 is 15.9 Å². The number of ketones is 1. The van der Waals surface area contributed by atoms with Crippen LogP contribution in [0.15, 0.2) is 53.0 Å². The second kappa shape index (κ2) is 7.80. The standard InChI is InChI=1S/C21H21BrFNO3/c1-14(25)13-21(17-6-8-19(23)9-7-17)10-11-24(20(26)27-21)15(2)16-4-3-5-18(22)12-16/h3-9,12,15H,10-11,13H2,1-2H3/t15-,21-/m0/s1. The van der Waals surface area contributed by atoms with Gasteiger partial charge in [0.25, 0.3) is 0 Å². The molecule has 0 aliphatic carbocycles. The molecule has 1 aliphatic heterocycles. The van der Waals surface area contributed by atoms with Crippen LogP contribution in [-0.4, -0.2) is 23.3 Å². The Balaban J connectivity index is 1.86. The fraction of sp³-hybridized carbons (Fsp3) is 0.333. The first kappa shape index (κ1) is 19.5. The molecule has 0 spiro atoms. The fourth-order valence-electron chi connectivity index (χ4n) is 3.55. The van der Waals surface area contributed by atoms with Crippen molar-refractivity contribution < 1.29 is 18.7 Å². The van der Waals surface area contributed by atoms with Gasteiger partial charge in [-0.1, -0.05) is 40.2 Å². The number of carbonyl (C=O) groups is 2. The molecule has 1 heterocycles. The Labute approximate surface area is 166 Å². The van der Waals surface area contributed by atoms with Gasteiger partial charge in [0.2, 0.25) is 0 Å². The first-order valence-electron chi connectivity index (χ1n) is 8.81. The Morgan fingerprint density at radius 1 is 1.30 bits per heavy atom. The third-order valence-electron chi connectivity index (χ3n) is 4.98. The highest BCUT2D eigenvalue weighted by Gasteiger charge is 2.44. The number of ether oxygens (including phenoxy) is 1. The zero-order valence-electron chi connectivity index (χ0n) is 15.2. The van der Waals surface area contributed by atoms with E-state index in [1.165, 1.54) is 19.1 Å². The Kier molecular flexibility index (Phi) is 5.65. The summed E-state index contributed by atoms with van der Waals surface area (Å²) in [6.07, 6.45) is 0.0606. The van der Waals surface area contributed by atoms with Gasteiger partial charge in [-0.25, -0.2) is 9.18 Å². The van der Waals surface area contributed by atoms with E-state index in [2.05, 4.69) is 15.9 Å². The van der Waals surface area contributed by atoms with Crippen LogP contribution in [0.5, 0.6) is 0 Å². The molecule has 0 saturated carbocycles. The van der Waals surface area contributed by atoms with E-state index in [1.807, 2.05) is 31.2 Å². The van der Waals surface area contributed by atoms with Gasteiger partial charge in [-0.15, -0.1) is 0 Å². The average Bonchev–Trinajstić information content (AvgIpc) is 2.61. The van der Waals surface area contributed by atoms with Gasteiger partial charge in [0.15, 0.2) is 0 Å². The SMILES string of the molecule is CC(=O)C[C@]1(c2ccc(F)cc2)CCN([C@@H](C)c2cccc(Br)c2)C(=O)O1. The molecule has 0 aromatic heterocycles. The maximum absolute atomic E-state index is 13.3. The van der Waals surface area contributed by atoms with E-state index in [0.717, 1.165) is 10.0 Å². The van der Waals surface area contributed by atoms with E-state index < -0.39 is 11.7 Å². The van der Waals surface area contributed by atoms with Crippen molar-refractivity contribution in [3.8, 4) is 0 Å². The number of nitrogens with zero attached hydrogens (tertiary/aromatic N) is 1. The average molecular weight is 434 g/mol. The first-order chi connectivity index (χ1) is 12.8. The van der Waals surface area contributed by atoms with E-state index in [-0.39, 0.29) is 24.1 Å². The van der Waals surface area contributed by atoms with Gasteiger partial charge in [0.05, 0.1) is 12.5 Å². The zero-order chi connectivity index (χ0) is 19.6. The third-order valence-corrected chi connectivity index (χ3v) is 5.47. The molecule has 6 heteroatoms. The molecular formula is C21H21BrFNO3. The summed E-state index contributed by atoms with van der Waals surface area (Å²) >= 11 is 3.45. The van der Waals surface area contributed by atoms with Crippen molar-refractivity contribution >= 4 is 27.8 Å². The minimum atomic E-state index is -1.05. The van der Waals surface area contributed by atoms with Crippen molar-refractivity contribution in [2.24, 2.45) is 0 Å². The molecule has 1 fully saturated rings. The normalized spacial score (nSPS) is 20.9. The number of rotatable bonds is 5. The highest BCUT2D eigenvalue weighted by Crippen LogP contribution is 2.40. The molecule has 0 unspecified atom stereocenters. The van der Waals surface area contributed by atoms with Crippen molar-refractivity contribution in [3.05, 3.63) is 69.9 Å². The van der Waals surface area contributed by atoms with Crippen molar-refractivity contribution in [1.82, 2.24) is 4.90 Å². The summed E-state index contributed by atoms with van der Waals surface area (Å²) in [7, 11) is 0. The number of benzene rings is 2. The zero-order valence-corrected chi connectivity index (χ0v) is 16.8. The smallest absolute Gasteiger partial charge is 0.411 e. The summed E-state index contributed by atoms with van der Waals surface area (Å²) in [6, 6.07) is 13.4. The highest BCUT2D eigenvalue weighted by atomic mass is 79.9. The van der Waals surface area contributed by atoms with Crippen LogP contribution in [0.25, 0.3) is 0 Å². The van der Waals surface area contributed by atoms with Crippen LogP contribution in [0.2, 0.25) is 0 Å². The van der Waals surface area contributed by atoms with Gasteiger partial charge < -0.3 is 9.64 Å². The highest BCUT2D eigenvalue weighted by molar-refractivity contribution is 9.10. The minimum absolute atomic E-state index is 0.0729. The molecule has 1 amide bonds. The van der Waals surface area contributed by atoms with Crippen LogP contribution in [-0.2, 0) is 15.1 Å². The lowest BCUT2D eigenvalue weighted by atomic mass is 9.84. The Hall–Kier alpha value is -2.21. The van der Waals surface area contributed by atoms with Crippen molar-refractivity contribution in [1.29, 1.82) is 0 Å². The Bertz CT molecular complexity index is 855. The summed E-state index contributed by atoms with van der Waals surface area (Å²) in [6.45, 7) is 3.85. The number of amides is 1. The predicted octanol–water partition coefficient (Wildman–Crippen LogP) is 5.37. The molecule has 2 aromatic carbocycles. The molecule has 2 aromatic rings. The predicted molar refractivity (Wildman–Crippen MR) is 104 cm³/mol. The van der Waals surface area contributed by atoms with E-state index in [4.69, 9.17) is 4.74 Å². The van der Waals surface area contributed by atoms with E-state index in [0.29, 0.717) is 18.5 Å². The van der Waals surface area contributed by atoms with Gasteiger partial charge in [-0.05, 0) is 49.2 Å². The molecule has 0 bridgehead atoms. The summed E-state index contributed by atoms with van der Waals surface area (Å²) in [5.41, 5.74) is 0.578. The lowest BCUT2D eigenvalue weighted by Crippen LogP contribution is -2.49. The molecule has 2 atom stereocenters. The van der Waals surface area contributed by atoms with Crippen LogP contribution in [0.4, 0.5) is 9.18 Å². The molecule has 3 rings (SSSR count). The molecule has 1 saturated heterocycles. The van der Waals surface area contributed by atoms with Gasteiger partial charge in [0.1, 0.15) is 17.2 Å². The second-order valence-electron chi connectivity index (χ2n) is 6.92. The lowest BCUT2D eigenvalue weighted by Gasteiger charge is -2.43. The lowest BCUT2D eigenvalue weighted by molar-refractivity contribution is -0.126. The number of cyclic esters (lactones) is 1. The minimum Gasteiger partial charge on any atom is -0.437 e. The second-order valence-corrected chi connectivity index (χ2v) is 7.84. The number of halogens is 2. The van der Waals surface area contributed by atoms with E-state index in [1.54, 1.807) is 17.0 Å². The molecule has 27 heavy (non-hydrogen) atoms. The number of hydrogen-bond donors (Lipinski definition) is 0. The number of hydrogen-bond acceptors (Lipinski definition) is 3. The number of Topliss-reactive ketones (excluding diaryl/α,β-unsaturated/α-hetero) is 1. The molecule has 0 radical (unpaired) electrons. The first-order valence-corrected chi connectivity index (χ1v) is 9.60. The molecule has 0 N–H and O–H groups in total. The summed E-state index contributed by atoms with van der Waals surface area (Å²) < 4.78 is 20.1. The topological polar surface area (TPSA) is 46.6 Å². The van der Waals surface area contributed by atoms with Crippen molar-refractivity contribution in [3.63, 3.8) is 0 Å². The van der Waals surface area contributed by atoms with Crippen molar-refractivity contribution in [2.75, 3.05) is 6.54 Å². The Morgan fingerprint density at radius 3 is 2.59 bits per heavy atom. The molecule has 142 valence electrons. The van der Waals surface area contributed by atoms with Crippen molar-refractivity contribution in [2.45, 2.75) is 38.3 Å². The maximum Gasteiger partial charge on any atom is 0.411 e. The van der Waals surface area contributed by atoms with Crippen LogP contribution in [0, 0.1) is 5.82 Å². The summed E-state index contributed by atoms with van der Waals surface area (Å²) in [5, 5.41) is 0. The van der Waals surface area contributed by atoms with Crippen LogP contribution in [0.1, 0.15) is 43.9 Å². The monoisotopic (exact) mass is 433 g/mol.